The van der Waals surface area contributed by atoms with Crippen molar-refractivity contribution in [3.05, 3.63) is 48.2 Å². The van der Waals surface area contributed by atoms with E-state index in [4.69, 9.17) is 4.42 Å². The molecule has 1 aliphatic carbocycles. The fourth-order valence-electron chi connectivity index (χ4n) is 3.85. The highest BCUT2D eigenvalue weighted by Gasteiger charge is 2.31. The maximum atomic E-state index is 13.2. The molecule has 0 radical (unpaired) electrons. The third kappa shape index (κ3) is 4.86. The molecule has 2 aromatic rings. The molecule has 28 heavy (non-hydrogen) atoms. The van der Waals surface area contributed by atoms with Crippen molar-refractivity contribution in [1.82, 2.24) is 14.4 Å². The van der Waals surface area contributed by atoms with Crippen LogP contribution < -0.4 is 0 Å². The number of carbonyl (C=O) groups excluding carboxylic acids is 2. The van der Waals surface area contributed by atoms with Gasteiger partial charge in [0.05, 0.1) is 19.4 Å². The Kier molecular flexibility index (Phi) is 6.60. The smallest absolute Gasteiger partial charge is 0.242 e. The number of aryl methyl sites for hydroxylation is 1. The highest BCUT2D eigenvalue weighted by molar-refractivity contribution is 5.86. The predicted octanol–water partition coefficient (Wildman–Crippen LogP) is 3.57. The van der Waals surface area contributed by atoms with E-state index in [0.717, 1.165) is 37.1 Å². The van der Waals surface area contributed by atoms with Crippen molar-refractivity contribution in [2.75, 3.05) is 6.54 Å². The molecular weight excluding hydrogens is 354 g/mol. The van der Waals surface area contributed by atoms with Crippen LogP contribution in [-0.2, 0) is 29.7 Å². The Hall–Kier alpha value is -2.50. The van der Waals surface area contributed by atoms with Crippen LogP contribution in [0.2, 0.25) is 0 Å². The second kappa shape index (κ2) is 9.13. The van der Waals surface area contributed by atoms with Gasteiger partial charge in [-0.15, -0.1) is 0 Å². The molecule has 6 heteroatoms. The molecule has 1 aliphatic rings. The topological polar surface area (TPSA) is 58.7 Å². The lowest BCUT2D eigenvalue weighted by atomic mass is 10.1. The van der Waals surface area contributed by atoms with E-state index in [-0.39, 0.29) is 30.3 Å². The molecule has 0 saturated heterocycles. The van der Waals surface area contributed by atoms with Crippen molar-refractivity contribution in [2.24, 2.45) is 13.0 Å². The summed E-state index contributed by atoms with van der Waals surface area (Å²) in [6.45, 7) is 4.94. The number of amides is 2. The van der Waals surface area contributed by atoms with Gasteiger partial charge in [-0.25, -0.2) is 0 Å². The van der Waals surface area contributed by atoms with Crippen LogP contribution in [-0.4, -0.2) is 38.8 Å². The summed E-state index contributed by atoms with van der Waals surface area (Å²) in [5.74, 6) is 0.873. The van der Waals surface area contributed by atoms with Crippen LogP contribution in [0.3, 0.4) is 0 Å². The number of carbonyl (C=O) groups is 2. The van der Waals surface area contributed by atoms with Gasteiger partial charge in [0.1, 0.15) is 12.3 Å². The summed E-state index contributed by atoms with van der Waals surface area (Å²) < 4.78 is 7.47. The van der Waals surface area contributed by atoms with Gasteiger partial charge in [-0.05, 0) is 51.0 Å². The molecule has 0 atom stereocenters. The summed E-state index contributed by atoms with van der Waals surface area (Å²) in [6, 6.07) is 7.67. The zero-order valence-corrected chi connectivity index (χ0v) is 17.1. The lowest BCUT2D eigenvalue weighted by molar-refractivity contribution is -0.145. The zero-order chi connectivity index (χ0) is 20.1. The van der Waals surface area contributed by atoms with E-state index >= 15 is 0 Å². The Balaban J connectivity index is 1.74. The molecule has 2 aromatic heterocycles. The van der Waals surface area contributed by atoms with E-state index in [1.807, 2.05) is 55.9 Å². The molecule has 2 heterocycles. The van der Waals surface area contributed by atoms with E-state index in [9.17, 15) is 9.59 Å². The summed E-state index contributed by atoms with van der Waals surface area (Å²) in [5, 5.41) is 0. The Morgan fingerprint density at radius 3 is 2.50 bits per heavy atom. The largest absolute Gasteiger partial charge is 0.467 e. The minimum absolute atomic E-state index is 0.00227. The van der Waals surface area contributed by atoms with Gasteiger partial charge in [-0.1, -0.05) is 12.8 Å². The number of hydrogen-bond donors (Lipinski definition) is 0. The Morgan fingerprint density at radius 2 is 1.93 bits per heavy atom. The van der Waals surface area contributed by atoms with Gasteiger partial charge in [0.2, 0.25) is 11.8 Å². The molecule has 0 N–H and O–H groups in total. The number of rotatable bonds is 8. The first kappa shape index (κ1) is 20.2. The van der Waals surface area contributed by atoms with E-state index in [1.165, 1.54) is 0 Å². The van der Waals surface area contributed by atoms with Crippen molar-refractivity contribution in [3.63, 3.8) is 0 Å². The average Bonchev–Trinajstić information content (AvgIpc) is 3.42. The molecule has 0 unspecified atom stereocenters. The van der Waals surface area contributed by atoms with E-state index in [0.29, 0.717) is 13.1 Å². The molecule has 0 spiro atoms. The molecule has 1 saturated carbocycles. The Morgan fingerprint density at radius 1 is 1.18 bits per heavy atom. The molecule has 3 rings (SSSR count). The van der Waals surface area contributed by atoms with Crippen molar-refractivity contribution in [1.29, 1.82) is 0 Å². The molecule has 0 aromatic carbocycles. The zero-order valence-electron chi connectivity index (χ0n) is 17.1. The highest BCUT2D eigenvalue weighted by Crippen LogP contribution is 2.27. The quantitative estimate of drug-likeness (QED) is 0.698. The number of furan rings is 1. The van der Waals surface area contributed by atoms with Gasteiger partial charge < -0.3 is 18.8 Å². The normalized spacial score (nSPS) is 14.6. The van der Waals surface area contributed by atoms with E-state index < -0.39 is 0 Å². The second-order valence-electron chi connectivity index (χ2n) is 7.98. The Bertz CT molecular complexity index is 773. The van der Waals surface area contributed by atoms with Crippen LogP contribution in [0.25, 0.3) is 0 Å². The SMILES string of the molecule is CC(C)N(CC(=O)N(Cc1ccco1)Cc1cccn1C)C(=O)C1CCCC1. The summed E-state index contributed by atoms with van der Waals surface area (Å²) in [5.41, 5.74) is 1.04. The van der Waals surface area contributed by atoms with Gasteiger partial charge in [-0.2, -0.15) is 0 Å². The van der Waals surface area contributed by atoms with Gasteiger partial charge in [0.15, 0.2) is 0 Å². The van der Waals surface area contributed by atoms with Crippen LogP contribution in [0.5, 0.6) is 0 Å². The fraction of sp³-hybridized carbons (Fsp3) is 0.545. The minimum atomic E-state index is -0.0577. The fourth-order valence-corrected chi connectivity index (χ4v) is 3.85. The van der Waals surface area contributed by atoms with Crippen molar-refractivity contribution < 1.29 is 14.0 Å². The maximum absolute atomic E-state index is 13.2. The summed E-state index contributed by atoms with van der Waals surface area (Å²) in [4.78, 5) is 29.7. The van der Waals surface area contributed by atoms with Crippen molar-refractivity contribution >= 4 is 11.8 Å². The van der Waals surface area contributed by atoms with Crippen LogP contribution >= 0.6 is 0 Å². The summed E-state index contributed by atoms with van der Waals surface area (Å²) >= 11 is 0. The predicted molar refractivity (Wildman–Crippen MR) is 107 cm³/mol. The van der Waals surface area contributed by atoms with Gasteiger partial charge >= 0.3 is 0 Å². The average molecular weight is 386 g/mol. The number of aromatic nitrogens is 1. The lowest BCUT2D eigenvalue weighted by Crippen LogP contribution is -2.47. The number of nitrogens with zero attached hydrogens (tertiary/aromatic N) is 3. The minimum Gasteiger partial charge on any atom is -0.467 e. The standard InChI is InChI=1S/C22H31N3O3/c1-17(2)25(22(27)18-8-4-5-9-18)16-21(26)24(15-20-11-7-13-28-20)14-19-10-6-12-23(19)3/h6-7,10-13,17-18H,4-5,8-9,14-16H2,1-3H3. The molecule has 2 amide bonds. The molecule has 6 nitrogen and oxygen atoms in total. The molecular formula is C22H31N3O3. The molecule has 152 valence electrons. The van der Waals surface area contributed by atoms with Crippen molar-refractivity contribution in [3.8, 4) is 0 Å². The first-order chi connectivity index (χ1) is 13.5. The van der Waals surface area contributed by atoms with Crippen LogP contribution in [0.4, 0.5) is 0 Å². The van der Waals surface area contributed by atoms with Gasteiger partial charge in [0, 0.05) is 30.9 Å². The molecule has 0 aliphatic heterocycles. The third-order valence-corrected chi connectivity index (χ3v) is 5.60. The maximum Gasteiger partial charge on any atom is 0.242 e. The molecule has 1 fully saturated rings. The number of hydrogen-bond acceptors (Lipinski definition) is 3. The second-order valence-corrected chi connectivity index (χ2v) is 7.98. The Labute approximate surface area is 167 Å². The van der Waals surface area contributed by atoms with Crippen LogP contribution in [0.15, 0.2) is 41.1 Å². The first-order valence-corrected chi connectivity index (χ1v) is 10.2. The van der Waals surface area contributed by atoms with E-state index in [2.05, 4.69) is 0 Å². The van der Waals surface area contributed by atoms with Crippen molar-refractivity contribution in [2.45, 2.75) is 58.7 Å². The lowest BCUT2D eigenvalue weighted by Gasteiger charge is -2.31. The van der Waals surface area contributed by atoms with Crippen LogP contribution in [0, 0.1) is 5.92 Å². The van der Waals surface area contributed by atoms with E-state index in [1.54, 1.807) is 16.1 Å². The summed E-state index contributed by atoms with van der Waals surface area (Å²) in [7, 11) is 1.97. The monoisotopic (exact) mass is 385 g/mol. The van der Waals surface area contributed by atoms with Crippen LogP contribution in [0.1, 0.15) is 51.0 Å². The van der Waals surface area contributed by atoms with Gasteiger partial charge in [-0.3, -0.25) is 9.59 Å². The highest BCUT2D eigenvalue weighted by atomic mass is 16.3. The third-order valence-electron chi connectivity index (χ3n) is 5.60. The first-order valence-electron chi connectivity index (χ1n) is 10.2. The molecule has 0 bridgehead atoms. The van der Waals surface area contributed by atoms with Gasteiger partial charge in [0.25, 0.3) is 0 Å². The summed E-state index contributed by atoms with van der Waals surface area (Å²) in [6.07, 6.45) is 7.67.